The smallest absolute Gasteiger partial charge is 0.256 e. The minimum atomic E-state index is 0.0191. The summed E-state index contributed by atoms with van der Waals surface area (Å²) >= 11 is 6.10. The van der Waals surface area contributed by atoms with E-state index in [2.05, 4.69) is 27.8 Å². The van der Waals surface area contributed by atoms with E-state index < -0.39 is 0 Å². The molecule has 3 rings (SSSR count). The van der Waals surface area contributed by atoms with Gasteiger partial charge in [0.25, 0.3) is 5.91 Å². The number of halogens is 1. The topological polar surface area (TPSA) is 75.9 Å². The largest absolute Gasteiger partial charge is 0.377 e. The van der Waals surface area contributed by atoms with E-state index >= 15 is 0 Å². The van der Waals surface area contributed by atoms with E-state index in [1.165, 1.54) is 0 Å². The van der Waals surface area contributed by atoms with Crippen molar-refractivity contribution in [3.8, 4) is 0 Å². The van der Waals surface area contributed by atoms with E-state index in [0.717, 1.165) is 50.4 Å². The van der Waals surface area contributed by atoms with Crippen molar-refractivity contribution in [1.29, 1.82) is 0 Å². The van der Waals surface area contributed by atoms with Gasteiger partial charge in [-0.1, -0.05) is 18.5 Å². The monoisotopic (exact) mass is 348 g/mol. The Hall–Kier alpha value is -2.15. The maximum absolute atomic E-state index is 12.7. The SMILES string of the molecule is CCCn1nnnc1CNc1ccc(Cl)cc1C(=O)N1CCCC1. The van der Waals surface area contributed by atoms with Crippen LogP contribution in [0.3, 0.4) is 0 Å². The zero-order valence-electron chi connectivity index (χ0n) is 13.7. The maximum Gasteiger partial charge on any atom is 0.256 e. The van der Waals surface area contributed by atoms with Gasteiger partial charge in [0, 0.05) is 30.3 Å². The lowest BCUT2D eigenvalue weighted by atomic mass is 10.1. The third-order valence-corrected chi connectivity index (χ3v) is 4.32. The molecule has 1 amide bonds. The van der Waals surface area contributed by atoms with E-state index in [1.807, 2.05) is 11.0 Å². The number of hydrogen-bond acceptors (Lipinski definition) is 5. The number of rotatable bonds is 6. The van der Waals surface area contributed by atoms with Crippen LogP contribution in [0.15, 0.2) is 18.2 Å². The fourth-order valence-corrected chi connectivity index (χ4v) is 3.02. The van der Waals surface area contributed by atoms with Gasteiger partial charge >= 0.3 is 0 Å². The third-order valence-electron chi connectivity index (χ3n) is 4.08. The summed E-state index contributed by atoms with van der Waals surface area (Å²) in [6, 6.07) is 5.33. The Morgan fingerprint density at radius 3 is 2.88 bits per heavy atom. The van der Waals surface area contributed by atoms with Gasteiger partial charge in [0.05, 0.1) is 12.1 Å². The molecule has 1 N–H and O–H groups in total. The van der Waals surface area contributed by atoms with Gasteiger partial charge in [0.2, 0.25) is 0 Å². The normalized spacial score (nSPS) is 14.2. The zero-order chi connectivity index (χ0) is 16.9. The van der Waals surface area contributed by atoms with E-state index in [-0.39, 0.29) is 5.91 Å². The molecule has 0 bridgehead atoms. The Kier molecular flexibility index (Phi) is 5.30. The first-order valence-electron chi connectivity index (χ1n) is 8.26. The number of hydrogen-bond donors (Lipinski definition) is 1. The van der Waals surface area contributed by atoms with Crippen molar-refractivity contribution in [3.05, 3.63) is 34.6 Å². The highest BCUT2D eigenvalue weighted by Gasteiger charge is 2.22. The summed E-state index contributed by atoms with van der Waals surface area (Å²) in [4.78, 5) is 14.6. The van der Waals surface area contributed by atoms with Crippen LogP contribution in [0.25, 0.3) is 0 Å². The molecular weight excluding hydrogens is 328 g/mol. The summed E-state index contributed by atoms with van der Waals surface area (Å²) in [7, 11) is 0. The Morgan fingerprint density at radius 1 is 1.33 bits per heavy atom. The van der Waals surface area contributed by atoms with Gasteiger partial charge in [-0.3, -0.25) is 4.79 Å². The molecule has 2 heterocycles. The van der Waals surface area contributed by atoms with Gasteiger partial charge in [0.1, 0.15) is 0 Å². The molecule has 1 fully saturated rings. The number of carbonyl (C=O) groups excluding carboxylic acids is 1. The number of carbonyl (C=O) groups is 1. The highest BCUT2D eigenvalue weighted by molar-refractivity contribution is 6.31. The van der Waals surface area contributed by atoms with Crippen molar-refractivity contribution in [2.45, 2.75) is 39.3 Å². The molecular formula is C16H21ClN6O. The number of amides is 1. The molecule has 8 heteroatoms. The Bertz CT molecular complexity index is 710. The molecule has 1 aromatic carbocycles. The van der Waals surface area contributed by atoms with Gasteiger partial charge in [-0.2, -0.15) is 0 Å². The van der Waals surface area contributed by atoms with Crippen LogP contribution in [0.5, 0.6) is 0 Å². The van der Waals surface area contributed by atoms with Crippen molar-refractivity contribution in [3.63, 3.8) is 0 Å². The first-order chi connectivity index (χ1) is 11.7. The van der Waals surface area contributed by atoms with Crippen LogP contribution in [0.2, 0.25) is 5.02 Å². The molecule has 7 nitrogen and oxygen atoms in total. The highest BCUT2D eigenvalue weighted by atomic mass is 35.5. The predicted octanol–water partition coefficient (Wildman–Crippen LogP) is 2.58. The molecule has 24 heavy (non-hydrogen) atoms. The lowest BCUT2D eigenvalue weighted by Crippen LogP contribution is -2.28. The zero-order valence-corrected chi connectivity index (χ0v) is 14.5. The first-order valence-corrected chi connectivity index (χ1v) is 8.64. The van der Waals surface area contributed by atoms with Crippen molar-refractivity contribution in [2.75, 3.05) is 18.4 Å². The summed E-state index contributed by atoms with van der Waals surface area (Å²) in [5, 5.41) is 15.6. The maximum atomic E-state index is 12.7. The Morgan fingerprint density at radius 2 is 2.12 bits per heavy atom. The van der Waals surface area contributed by atoms with Crippen LogP contribution < -0.4 is 5.32 Å². The van der Waals surface area contributed by atoms with Crippen LogP contribution >= 0.6 is 11.6 Å². The molecule has 1 aromatic heterocycles. The molecule has 0 saturated carbocycles. The number of anilines is 1. The predicted molar refractivity (Wildman–Crippen MR) is 92.0 cm³/mol. The lowest BCUT2D eigenvalue weighted by molar-refractivity contribution is 0.0793. The van der Waals surface area contributed by atoms with Crippen molar-refractivity contribution < 1.29 is 4.79 Å². The number of nitrogens with one attached hydrogen (secondary N) is 1. The molecule has 2 aromatic rings. The summed E-state index contributed by atoms with van der Waals surface area (Å²) in [6.07, 6.45) is 3.07. The first kappa shape index (κ1) is 16.7. The number of likely N-dealkylation sites (tertiary alicyclic amines) is 1. The Labute approximate surface area is 146 Å². The lowest BCUT2D eigenvalue weighted by Gasteiger charge is -2.18. The van der Waals surface area contributed by atoms with Crippen molar-refractivity contribution in [1.82, 2.24) is 25.1 Å². The van der Waals surface area contributed by atoms with Crippen LogP contribution in [-0.4, -0.2) is 44.1 Å². The average molecular weight is 349 g/mol. The third kappa shape index (κ3) is 3.67. The quantitative estimate of drug-likeness (QED) is 0.868. The molecule has 1 aliphatic rings. The van der Waals surface area contributed by atoms with Crippen LogP contribution in [0.4, 0.5) is 5.69 Å². The fourth-order valence-electron chi connectivity index (χ4n) is 2.85. The molecule has 0 spiro atoms. The molecule has 0 unspecified atom stereocenters. The summed E-state index contributed by atoms with van der Waals surface area (Å²) in [6.45, 7) is 4.91. The fraction of sp³-hybridized carbons (Fsp3) is 0.500. The minimum absolute atomic E-state index is 0.0191. The molecule has 1 saturated heterocycles. The molecule has 0 atom stereocenters. The summed E-state index contributed by atoms with van der Waals surface area (Å²) in [5.41, 5.74) is 1.35. The van der Waals surface area contributed by atoms with Crippen LogP contribution in [0.1, 0.15) is 42.4 Å². The highest BCUT2D eigenvalue weighted by Crippen LogP contribution is 2.24. The van der Waals surface area contributed by atoms with Crippen LogP contribution in [-0.2, 0) is 13.1 Å². The number of aryl methyl sites for hydroxylation is 1. The van der Waals surface area contributed by atoms with Gasteiger partial charge in [-0.05, 0) is 47.9 Å². The minimum Gasteiger partial charge on any atom is -0.377 e. The number of benzene rings is 1. The summed E-state index contributed by atoms with van der Waals surface area (Å²) in [5.74, 6) is 0.761. The summed E-state index contributed by atoms with van der Waals surface area (Å²) < 4.78 is 1.77. The van der Waals surface area contributed by atoms with Gasteiger partial charge in [-0.15, -0.1) is 5.10 Å². The van der Waals surface area contributed by atoms with Crippen LogP contribution in [0, 0.1) is 0 Å². The van der Waals surface area contributed by atoms with Crippen molar-refractivity contribution in [2.24, 2.45) is 0 Å². The molecule has 1 aliphatic heterocycles. The van der Waals surface area contributed by atoms with Gasteiger partial charge in [-0.25, -0.2) is 4.68 Å². The van der Waals surface area contributed by atoms with Gasteiger partial charge in [0.15, 0.2) is 5.82 Å². The second-order valence-corrected chi connectivity index (χ2v) is 6.30. The average Bonchev–Trinajstić information content (AvgIpc) is 3.25. The number of tetrazole rings is 1. The second kappa shape index (κ2) is 7.61. The molecule has 0 aliphatic carbocycles. The van der Waals surface area contributed by atoms with Crippen molar-refractivity contribution >= 4 is 23.2 Å². The van der Waals surface area contributed by atoms with E-state index in [1.54, 1.807) is 16.8 Å². The van der Waals surface area contributed by atoms with Gasteiger partial charge < -0.3 is 10.2 Å². The number of aromatic nitrogens is 4. The Balaban J connectivity index is 1.77. The molecule has 0 radical (unpaired) electrons. The molecule has 128 valence electrons. The van der Waals surface area contributed by atoms with E-state index in [9.17, 15) is 4.79 Å². The van der Waals surface area contributed by atoms with E-state index in [4.69, 9.17) is 11.6 Å². The number of nitrogens with zero attached hydrogens (tertiary/aromatic N) is 5. The second-order valence-electron chi connectivity index (χ2n) is 5.86. The standard InChI is InChI=1S/C16H21ClN6O/c1-2-7-23-15(19-20-21-23)11-18-14-6-5-12(17)10-13(14)16(24)22-8-3-4-9-22/h5-6,10,18H,2-4,7-9,11H2,1H3. The van der Waals surface area contributed by atoms with E-state index in [0.29, 0.717) is 17.1 Å².